The molecular formula is C30H29F4NO4. The molecule has 0 spiro atoms. The minimum Gasteiger partial charge on any atom is -0.458 e. The van der Waals surface area contributed by atoms with Gasteiger partial charge in [-0.1, -0.05) is 48.5 Å². The number of hydrogen-bond acceptors (Lipinski definition) is 4. The number of amides is 1. The van der Waals surface area contributed by atoms with Crippen molar-refractivity contribution in [3.63, 3.8) is 0 Å². The van der Waals surface area contributed by atoms with Crippen molar-refractivity contribution in [2.75, 3.05) is 6.61 Å². The Hall–Kier alpha value is -3.88. The van der Waals surface area contributed by atoms with Gasteiger partial charge in [0.1, 0.15) is 29.9 Å². The fourth-order valence-electron chi connectivity index (χ4n) is 4.70. The first-order valence-electron chi connectivity index (χ1n) is 12.5. The summed E-state index contributed by atoms with van der Waals surface area (Å²) < 4.78 is 64.8. The smallest absolute Gasteiger partial charge is 0.407 e. The number of nitrogens with one attached hydrogen (secondary N) is 1. The number of benzene rings is 3. The van der Waals surface area contributed by atoms with Crippen LogP contribution in [0.15, 0.2) is 60.7 Å². The van der Waals surface area contributed by atoms with Crippen LogP contribution < -0.4 is 5.32 Å². The van der Waals surface area contributed by atoms with Crippen LogP contribution in [0.3, 0.4) is 0 Å². The van der Waals surface area contributed by atoms with Crippen LogP contribution >= 0.6 is 0 Å². The van der Waals surface area contributed by atoms with Gasteiger partial charge in [-0.3, -0.25) is 0 Å². The quantitative estimate of drug-likeness (QED) is 0.244. The van der Waals surface area contributed by atoms with Crippen molar-refractivity contribution in [1.82, 2.24) is 5.32 Å². The van der Waals surface area contributed by atoms with E-state index in [1.54, 1.807) is 20.8 Å². The molecule has 5 nitrogen and oxygen atoms in total. The van der Waals surface area contributed by atoms with Crippen LogP contribution in [0.1, 0.15) is 61.8 Å². The van der Waals surface area contributed by atoms with Gasteiger partial charge in [0.15, 0.2) is 0 Å². The molecule has 206 valence electrons. The number of rotatable bonds is 8. The van der Waals surface area contributed by atoms with Crippen LogP contribution in [0.2, 0.25) is 0 Å². The third-order valence-electron chi connectivity index (χ3n) is 6.41. The molecule has 0 bridgehead atoms. The molecule has 0 saturated heterocycles. The molecule has 1 amide bonds. The third-order valence-corrected chi connectivity index (χ3v) is 6.41. The van der Waals surface area contributed by atoms with Gasteiger partial charge in [0, 0.05) is 5.92 Å². The maximum absolute atomic E-state index is 14.0. The van der Waals surface area contributed by atoms with Crippen molar-refractivity contribution < 1.29 is 36.6 Å². The molecule has 0 aromatic heterocycles. The van der Waals surface area contributed by atoms with Gasteiger partial charge >= 0.3 is 12.1 Å². The zero-order valence-corrected chi connectivity index (χ0v) is 21.8. The Morgan fingerprint density at radius 1 is 0.923 bits per heavy atom. The number of esters is 1. The summed E-state index contributed by atoms with van der Waals surface area (Å²) in [6.07, 6.45) is -4.36. The highest BCUT2D eigenvalue weighted by atomic mass is 19.3. The molecule has 0 heterocycles. The molecular weight excluding hydrogens is 514 g/mol. The normalized spacial score (nSPS) is 13.5. The molecule has 39 heavy (non-hydrogen) atoms. The van der Waals surface area contributed by atoms with Gasteiger partial charge in [-0.2, -0.15) is 0 Å². The summed E-state index contributed by atoms with van der Waals surface area (Å²) in [6.45, 7) is 4.99. The Balaban J connectivity index is 1.45. The van der Waals surface area contributed by atoms with E-state index < -0.39 is 47.3 Å². The second kappa shape index (κ2) is 11.5. The van der Waals surface area contributed by atoms with Crippen molar-refractivity contribution in [3.05, 3.63) is 94.6 Å². The minimum absolute atomic E-state index is 0.0202. The highest BCUT2D eigenvalue weighted by Gasteiger charge is 2.31. The summed E-state index contributed by atoms with van der Waals surface area (Å²) in [5, 5.41) is 2.50. The number of ether oxygens (including phenoxy) is 2. The maximum atomic E-state index is 14.0. The number of alkyl carbamates (subject to hydrolysis) is 1. The topological polar surface area (TPSA) is 64.6 Å². The molecule has 1 aliphatic carbocycles. The first-order chi connectivity index (χ1) is 18.4. The summed E-state index contributed by atoms with van der Waals surface area (Å²) in [7, 11) is 0. The Morgan fingerprint density at radius 3 is 1.97 bits per heavy atom. The van der Waals surface area contributed by atoms with E-state index in [-0.39, 0.29) is 30.9 Å². The number of hydrogen-bond donors (Lipinski definition) is 1. The van der Waals surface area contributed by atoms with Crippen LogP contribution in [-0.2, 0) is 20.7 Å². The molecule has 0 aliphatic heterocycles. The van der Waals surface area contributed by atoms with E-state index in [1.165, 1.54) is 0 Å². The van der Waals surface area contributed by atoms with E-state index in [1.807, 2.05) is 48.5 Å². The van der Waals surface area contributed by atoms with E-state index in [0.717, 1.165) is 34.4 Å². The van der Waals surface area contributed by atoms with Gasteiger partial charge in [-0.05, 0) is 73.6 Å². The van der Waals surface area contributed by atoms with Crippen LogP contribution in [0.4, 0.5) is 22.4 Å². The lowest BCUT2D eigenvalue weighted by Gasteiger charge is -2.25. The molecule has 0 radical (unpaired) electrons. The van der Waals surface area contributed by atoms with Crippen molar-refractivity contribution in [1.29, 1.82) is 0 Å². The molecule has 9 heteroatoms. The van der Waals surface area contributed by atoms with Gasteiger partial charge in [-0.25, -0.2) is 27.2 Å². The Bertz CT molecular complexity index is 1300. The average molecular weight is 544 g/mol. The molecule has 1 N–H and O–H groups in total. The molecule has 3 aromatic carbocycles. The Morgan fingerprint density at radius 2 is 1.46 bits per heavy atom. The minimum atomic E-state index is -3.30. The lowest BCUT2D eigenvalue weighted by atomic mass is 9.98. The van der Waals surface area contributed by atoms with Crippen LogP contribution in [0, 0.1) is 11.6 Å². The molecule has 0 fully saturated rings. The second-order valence-electron chi connectivity index (χ2n) is 10.4. The molecule has 0 saturated carbocycles. The third kappa shape index (κ3) is 6.58. The fraction of sp³-hybridized carbons (Fsp3) is 0.333. The molecule has 0 unspecified atom stereocenters. The number of alkyl halides is 2. The predicted octanol–water partition coefficient (Wildman–Crippen LogP) is 7.08. The highest BCUT2D eigenvalue weighted by molar-refractivity contribution is 5.82. The fourth-order valence-corrected chi connectivity index (χ4v) is 4.70. The van der Waals surface area contributed by atoms with Gasteiger partial charge < -0.3 is 14.8 Å². The largest absolute Gasteiger partial charge is 0.458 e. The van der Waals surface area contributed by atoms with Crippen molar-refractivity contribution >= 4 is 12.1 Å². The van der Waals surface area contributed by atoms with Crippen LogP contribution in [0.5, 0.6) is 0 Å². The average Bonchev–Trinajstić information content (AvgIpc) is 3.17. The first-order valence-corrected chi connectivity index (χ1v) is 12.5. The predicted molar refractivity (Wildman–Crippen MR) is 137 cm³/mol. The number of aryl methyl sites for hydroxylation is 1. The second-order valence-corrected chi connectivity index (χ2v) is 10.4. The zero-order chi connectivity index (χ0) is 28.3. The van der Waals surface area contributed by atoms with Gasteiger partial charge in [0.25, 0.3) is 6.43 Å². The van der Waals surface area contributed by atoms with E-state index in [4.69, 9.17) is 9.47 Å². The summed E-state index contributed by atoms with van der Waals surface area (Å²) in [6, 6.07) is 16.1. The SMILES string of the molecule is CC(C)(C)OC(=O)[C@H](CCc1cc(F)c(C(F)F)c(F)c1)NC(=O)OCC1c2ccccc2-c2ccccc21. The van der Waals surface area contributed by atoms with Crippen LogP contribution in [-0.4, -0.2) is 30.3 Å². The Labute approximate surface area is 224 Å². The molecule has 1 atom stereocenters. The van der Waals surface area contributed by atoms with Gasteiger partial charge in [0.2, 0.25) is 0 Å². The lowest BCUT2D eigenvalue weighted by Crippen LogP contribution is -2.45. The monoisotopic (exact) mass is 543 g/mol. The van der Waals surface area contributed by atoms with E-state index >= 15 is 0 Å². The number of carbonyl (C=O) groups is 2. The molecule has 3 aromatic rings. The number of carbonyl (C=O) groups excluding carboxylic acids is 2. The van der Waals surface area contributed by atoms with Gasteiger partial charge in [0.05, 0.1) is 5.56 Å². The van der Waals surface area contributed by atoms with E-state index in [2.05, 4.69) is 5.32 Å². The highest BCUT2D eigenvalue weighted by Crippen LogP contribution is 2.44. The van der Waals surface area contributed by atoms with E-state index in [9.17, 15) is 27.2 Å². The standard InChI is InChI=1S/C30H29F4NO4/c1-30(2,3)39-28(36)25(13-12-17-14-23(31)26(27(33)34)24(32)15-17)35-29(37)38-16-22-20-10-6-4-8-18(20)19-9-5-7-11-21(19)22/h4-11,14-15,22,25,27H,12-13,16H2,1-3H3,(H,35,37)/t25-/m0/s1. The molecule has 1 aliphatic rings. The first kappa shape index (κ1) is 28.1. The Kier molecular flexibility index (Phi) is 8.28. The lowest BCUT2D eigenvalue weighted by molar-refractivity contribution is -0.157. The number of fused-ring (bicyclic) bond motifs is 3. The summed E-state index contributed by atoms with van der Waals surface area (Å²) in [5.74, 6) is -3.71. The van der Waals surface area contributed by atoms with Crippen LogP contribution in [0.25, 0.3) is 11.1 Å². The molecule has 4 rings (SSSR count). The van der Waals surface area contributed by atoms with Crippen molar-refractivity contribution in [2.45, 2.75) is 57.6 Å². The van der Waals surface area contributed by atoms with E-state index in [0.29, 0.717) is 0 Å². The van der Waals surface area contributed by atoms with Crippen molar-refractivity contribution in [3.8, 4) is 11.1 Å². The van der Waals surface area contributed by atoms with Gasteiger partial charge in [-0.15, -0.1) is 0 Å². The summed E-state index contributed by atoms with van der Waals surface area (Å²) >= 11 is 0. The number of halogens is 4. The summed E-state index contributed by atoms with van der Waals surface area (Å²) in [5.41, 5.74) is 2.04. The maximum Gasteiger partial charge on any atom is 0.407 e. The van der Waals surface area contributed by atoms with Crippen molar-refractivity contribution in [2.24, 2.45) is 0 Å². The zero-order valence-electron chi connectivity index (χ0n) is 21.8. The summed E-state index contributed by atoms with van der Waals surface area (Å²) in [4.78, 5) is 25.6.